The highest BCUT2D eigenvalue weighted by Gasteiger charge is 2.20. The first kappa shape index (κ1) is 20.2. The molecular weight excluding hydrogens is 376 g/mol. The van der Waals surface area contributed by atoms with Crippen LogP contribution in [0.3, 0.4) is 0 Å². The SMILES string of the molecule is Clc1ccc(C(CCN2CCN(Cc3ccccc3)CC2)c2ccccc2)cc1. The van der Waals surface area contributed by atoms with Gasteiger partial charge in [0.05, 0.1) is 0 Å². The number of hydrogen-bond donors (Lipinski definition) is 0. The molecule has 0 amide bonds. The summed E-state index contributed by atoms with van der Waals surface area (Å²) in [4.78, 5) is 5.19. The highest BCUT2D eigenvalue weighted by Crippen LogP contribution is 2.29. The van der Waals surface area contributed by atoms with Gasteiger partial charge in [0.2, 0.25) is 0 Å². The summed E-state index contributed by atoms with van der Waals surface area (Å²) in [5.41, 5.74) is 4.15. The molecule has 1 atom stereocenters. The van der Waals surface area contributed by atoms with Crippen molar-refractivity contribution in [2.75, 3.05) is 32.7 Å². The van der Waals surface area contributed by atoms with Crippen molar-refractivity contribution in [2.45, 2.75) is 18.9 Å². The lowest BCUT2D eigenvalue weighted by molar-refractivity contribution is 0.125. The molecule has 0 saturated carbocycles. The smallest absolute Gasteiger partial charge is 0.0406 e. The molecule has 0 radical (unpaired) electrons. The summed E-state index contributed by atoms with van der Waals surface area (Å²) in [6, 6.07) is 30.0. The molecule has 1 saturated heterocycles. The van der Waals surface area contributed by atoms with Crippen LogP contribution in [0.2, 0.25) is 5.02 Å². The first-order valence-corrected chi connectivity index (χ1v) is 10.9. The van der Waals surface area contributed by atoms with Crippen molar-refractivity contribution in [2.24, 2.45) is 0 Å². The van der Waals surface area contributed by atoms with Gasteiger partial charge in [-0.25, -0.2) is 0 Å². The Morgan fingerprint density at radius 2 is 1.21 bits per heavy atom. The predicted octanol–water partition coefficient (Wildman–Crippen LogP) is 5.68. The van der Waals surface area contributed by atoms with Gasteiger partial charge in [-0.3, -0.25) is 4.90 Å². The third kappa shape index (κ3) is 5.70. The number of piperazine rings is 1. The van der Waals surface area contributed by atoms with Gasteiger partial charge in [-0.2, -0.15) is 0 Å². The predicted molar refractivity (Wildman–Crippen MR) is 123 cm³/mol. The zero-order valence-electron chi connectivity index (χ0n) is 16.9. The van der Waals surface area contributed by atoms with Gasteiger partial charge in [0.1, 0.15) is 0 Å². The van der Waals surface area contributed by atoms with Crippen LogP contribution >= 0.6 is 11.6 Å². The summed E-state index contributed by atoms with van der Waals surface area (Å²) in [5, 5.41) is 0.801. The lowest BCUT2D eigenvalue weighted by atomic mass is 9.88. The van der Waals surface area contributed by atoms with Crippen LogP contribution in [0.15, 0.2) is 84.9 Å². The molecular formula is C26H29ClN2. The van der Waals surface area contributed by atoms with E-state index in [4.69, 9.17) is 11.6 Å². The maximum Gasteiger partial charge on any atom is 0.0406 e. The fraction of sp³-hybridized carbons (Fsp3) is 0.308. The normalized spacial score (nSPS) is 16.6. The van der Waals surface area contributed by atoms with Crippen molar-refractivity contribution < 1.29 is 0 Å². The monoisotopic (exact) mass is 404 g/mol. The Bertz CT molecular complexity index is 856. The second-order valence-corrected chi connectivity index (χ2v) is 8.34. The van der Waals surface area contributed by atoms with Crippen LogP contribution in [0, 0.1) is 0 Å². The maximum absolute atomic E-state index is 6.12. The van der Waals surface area contributed by atoms with Gasteiger partial charge in [-0.1, -0.05) is 84.4 Å². The summed E-state index contributed by atoms with van der Waals surface area (Å²) in [7, 11) is 0. The Balaban J connectivity index is 1.34. The molecule has 3 aromatic carbocycles. The van der Waals surface area contributed by atoms with Crippen molar-refractivity contribution in [3.05, 3.63) is 107 Å². The molecule has 0 bridgehead atoms. The molecule has 4 rings (SSSR count). The van der Waals surface area contributed by atoms with Gasteiger partial charge in [-0.15, -0.1) is 0 Å². The number of halogens is 1. The fourth-order valence-electron chi connectivity index (χ4n) is 4.23. The van der Waals surface area contributed by atoms with E-state index in [-0.39, 0.29) is 0 Å². The number of benzene rings is 3. The molecule has 1 aliphatic heterocycles. The molecule has 29 heavy (non-hydrogen) atoms. The van der Waals surface area contributed by atoms with E-state index in [1.54, 1.807) is 0 Å². The lowest BCUT2D eigenvalue weighted by Gasteiger charge is -2.35. The summed E-state index contributed by atoms with van der Waals surface area (Å²) in [5.74, 6) is 0.413. The Labute approximate surface area is 179 Å². The molecule has 0 spiro atoms. The van der Waals surface area contributed by atoms with Gasteiger partial charge in [-0.05, 0) is 41.8 Å². The van der Waals surface area contributed by atoms with E-state index in [1.807, 2.05) is 12.1 Å². The van der Waals surface area contributed by atoms with E-state index in [2.05, 4.69) is 82.6 Å². The first-order chi connectivity index (χ1) is 14.3. The standard InChI is InChI=1S/C26H29ClN2/c27-25-13-11-24(12-14-25)26(23-9-5-2-6-10-23)15-16-28-17-19-29(20-18-28)21-22-7-3-1-4-8-22/h1-14,26H,15-21H2. The zero-order chi connectivity index (χ0) is 19.9. The van der Waals surface area contributed by atoms with E-state index < -0.39 is 0 Å². The molecule has 0 N–H and O–H groups in total. The third-order valence-electron chi connectivity index (χ3n) is 5.92. The van der Waals surface area contributed by atoms with E-state index in [9.17, 15) is 0 Å². The molecule has 2 nitrogen and oxygen atoms in total. The summed E-state index contributed by atoms with van der Waals surface area (Å²) < 4.78 is 0. The van der Waals surface area contributed by atoms with Crippen LogP contribution in [0.25, 0.3) is 0 Å². The highest BCUT2D eigenvalue weighted by molar-refractivity contribution is 6.30. The molecule has 3 heteroatoms. The largest absolute Gasteiger partial charge is 0.301 e. The van der Waals surface area contributed by atoms with Gasteiger partial charge < -0.3 is 4.90 Å². The molecule has 0 aliphatic carbocycles. The highest BCUT2D eigenvalue weighted by atomic mass is 35.5. The van der Waals surface area contributed by atoms with Gasteiger partial charge in [0.15, 0.2) is 0 Å². The quantitative estimate of drug-likeness (QED) is 0.499. The van der Waals surface area contributed by atoms with Crippen LogP contribution in [-0.4, -0.2) is 42.5 Å². The summed E-state index contributed by atoms with van der Waals surface area (Å²) in [6.45, 7) is 6.77. The minimum absolute atomic E-state index is 0.413. The van der Waals surface area contributed by atoms with Crippen LogP contribution in [-0.2, 0) is 6.54 Å². The average molecular weight is 405 g/mol. The van der Waals surface area contributed by atoms with Crippen molar-refractivity contribution in [1.29, 1.82) is 0 Å². The number of rotatable bonds is 7. The fourth-order valence-corrected chi connectivity index (χ4v) is 4.36. The second-order valence-electron chi connectivity index (χ2n) is 7.91. The Morgan fingerprint density at radius 3 is 1.86 bits per heavy atom. The lowest BCUT2D eigenvalue weighted by Crippen LogP contribution is -2.46. The maximum atomic E-state index is 6.12. The van der Waals surface area contributed by atoms with E-state index >= 15 is 0 Å². The topological polar surface area (TPSA) is 6.48 Å². The van der Waals surface area contributed by atoms with Crippen molar-refractivity contribution in [3.63, 3.8) is 0 Å². The van der Waals surface area contributed by atoms with Crippen molar-refractivity contribution in [1.82, 2.24) is 9.80 Å². The summed E-state index contributed by atoms with van der Waals surface area (Å²) in [6.07, 6.45) is 1.13. The first-order valence-electron chi connectivity index (χ1n) is 10.6. The van der Waals surface area contributed by atoms with Crippen LogP contribution in [0.4, 0.5) is 0 Å². The van der Waals surface area contributed by atoms with Crippen LogP contribution in [0.1, 0.15) is 29.0 Å². The molecule has 1 fully saturated rings. The average Bonchev–Trinajstić information content (AvgIpc) is 2.78. The Kier molecular flexibility index (Phi) is 7.00. The molecule has 0 aromatic heterocycles. The minimum atomic E-state index is 0.413. The van der Waals surface area contributed by atoms with Crippen LogP contribution < -0.4 is 0 Å². The molecule has 3 aromatic rings. The molecule has 1 unspecified atom stereocenters. The minimum Gasteiger partial charge on any atom is -0.301 e. The second kappa shape index (κ2) is 10.1. The molecule has 150 valence electrons. The number of nitrogens with zero attached hydrogens (tertiary/aromatic N) is 2. The zero-order valence-corrected chi connectivity index (χ0v) is 17.6. The van der Waals surface area contributed by atoms with Gasteiger partial charge in [0.25, 0.3) is 0 Å². The van der Waals surface area contributed by atoms with Crippen LogP contribution in [0.5, 0.6) is 0 Å². The third-order valence-corrected chi connectivity index (χ3v) is 6.17. The van der Waals surface area contributed by atoms with E-state index in [0.29, 0.717) is 5.92 Å². The summed E-state index contributed by atoms with van der Waals surface area (Å²) >= 11 is 6.12. The molecule has 1 aliphatic rings. The van der Waals surface area contributed by atoms with E-state index in [1.165, 1.54) is 16.7 Å². The van der Waals surface area contributed by atoms with Crippen molar-refractivity contribution in [3.8, 4) is 0 Å². The van der Waals surface area contributed by atoms with Gasteiger partial charge in [0, 0.05) is 43.7 Å². The Morgan fingerprint density at radius 1 is 0.655 bits per heavy atom. The Hall–Kier alpha value is -2.13. The number of hydrogen-bond acceptors (Lipinski definition) is 2. The van der Waals surface area contributed by atoms with E-state index in [0.717, 1.165) is 50.7 Å². The van der Waals surface area contributed by atoms with Crippen molar-refractivity contribution >= 4 is 11.6 Å². The van der Waals surface area contributed by atoms with Gasteiger partial charge >= 0.3 is 0 Å². The molecule has 1 heterocycles.